The molecule has 0 aliphatic rings. The molecular weight excluding hydrogens is 246 g/mol. The molecule has 6 heteroatoms. The van der Waals surface area contributed by atoms with Gasteiger partial charge in [0.1, 0.15) is 0 Å². The molecule has 0 heterocycles. The molecule has 0 saturated heterocycles. The maximum absolute atomic E-state index is 10.6. The number of carboxylic acid groups (broad SMARTS) is 2. The van der Waals surface area contributed by atoms with Crippen LogP contribution in [0.3, 0.4) is 0 Å². The molecule has 0 unspecified atom stereocenters. The van der Waals surface area contributed by atoms with E-state index in [-0.39, 0.29) is 19.6 Å². The Labute approximate surface area is 103 Å². The van der Waals surface area contributed by atoms with E-state index in [2.05, 4.69) is 0 Å². The molecule has 1 rings (SSSR count). The Morgan fingerprint density at radius 2 is 1.65 bits per heavy atom. The second-order valence-corrected chi connectivity index (χ2v) is 3.93. The summed E-state index contributed by atoms with van der Waals surface area (Å²) in [6.45, 7) is -0.479. The predicted octanol–water partition coefficient (Wildman–Crippen LogP) is 1.31. The molecule has 1 aromatic rings. The average Bonchev–Trinajstić information content (AvgIpc) is 2.19. The summed E-state index contributed by atoms with van der Waals surface area (Å²) < 4.78 is 0. The van der Waals surface area contributed by atoms with Crippen LogP contribution in [-0.4, -0.2) is 40.1 Å². The van der Waals surface area contributed by atoms with Gasteiger partial charge in [0.25, 0.3) is 0 Å². The molecular formula is C11H12ClNO4. The molecule has 17 heavy (non-hydrogen) atoms. The number of halogens is 1. The van der Waals surface area contributed by atoms with Crippen LogP contribution in [-0.2, 0) is 16.1 Å². The van der Waals surface area contributed by atoms with Crippen LogP contribution in [0.15, 0.2) is 24.3 Å². The van der Waals surface area contributed by atoms with Gasteiger partial charge in [0.2, 0.25) is 0 Å². The Kier molecular flexibility index (Phi) is 4.93. The zero-order valence-corrected chi connectivity index (χ0v) is 9.72. The standard InChI is InChI=1S/C11H12ClNO4/c12-9-4-2-1-3-8(9)5-13(6-10(14)15)7-11(16)17/h1-4H,5-7H2,(H,14,15)(H,16,17). The van der Waals surface area contributed by atoms with Crippen LogP contribution < -0.4 is 0 Å². The maximum Gasteiger partial charge on any atom is 0.317 e. The quantitative estimate of drug-likeness (QED) is 0.803. The number of aliphatic carboxylic acids is 2. The van der Waals surface area contributed by atoms with E-state index in [0.29, 0.717) is 10.6 Å². The second-order valence-electron chi connectivity index (χ2n) is 3.52. The molecule has 0 amide bonds. The first-order valence-electron chi connectivity index (χ1n) is 4.88. The van der Waals surface area contributed by atoms with E-state index in [4.69, 9.17) is 21.8 Å². The molecule has 92 valence electrons. The maximum atomic E-state index is 10.6. The molecule has 5 nitrogen and oxygen atoms in total. The molecule has 0 atom stereocenters. The minimum atomic E-state index is -1.07. The number of nitrogens with zero attached hydrogens (tertiary/aromatic N) is 1. The van der Waals surface area contributed by atoms with Gasteiger partial charge in [-0.2, -0.15) is 0 Å². The molecule has 0 spiro atoms. The summed E-state index contributed by atoms with van der Waals surface area (Å²) in [5, 5.41) is 17.8. The Morgan fingerprint density at radius 3 is 2.12 bits per heavy atom. The van der Waals surface area contributed by atoms with Gasteiger partial charge in [-0.25, -0.2) is 0 Å². The third-order valence-corrected chi connectivity index (χ3v) is 2.44. The highest BCUT2D eigenvalue weighted by molar-refractivity contribution is 6.31. The van der Waals surface area contributed by atoms with E-state index in [1.807, 2.05) is 0 Å². The second kappa shape index (κ2) is 6.22. The van der Waals surface area contributed by atoms with Crippen molar-refractivity contribution < 1.29 is 19.8 Å². The van der Waals surface area contributed by atoms with Crippen LogP contribution >= 0.6 is 11.6 Å². The number of rotatable bonds is 6. The van der Waals surface area contributed by atoms with Gasteiger partial charge in [-0.15, -0.1) is 0 Å². The van der Waals surface area contributed by atoms with E-state index in [0.717, 1.165) is 0 Å². The molecule has 1 aromatic carbocycles. The van der Waals surface area contributed by atoms with Crippen molar-refractivity contribution in [1.29, 1.82) is 0 Å². The van der Waals surface area contributed by atoms with Crippen LogP contribution in [0.1, 0.15) is 5.56 Å². The smallest absolute Gasteiger partial charge is 0.317 e. The van der Waals surface area contributed by atoms with Gasteiger partial charge >= 0.3 is 11.9 Å². The van der Waals surface area contributed by atoms with Crippen molar-refractivity contribution in [2.45, 2.75) is 6.54 Å². The van der Waals surface area contributed by atoms with E-state index in [1.165, 1.54) is 4.90 Å². The molecule has 0 aromatic heterocycles. The van der Waals surface area contributed by atoms with E-state index in [1.54, 1.807) is 24.3 Å². The normalized spacial score (nSPS) is 10.5. The number of hydrogen-bond acceptors (Lipinski definition) is 3. The van der Waals surface area contributed by atoms with Gasteiger partial charge in [0.05, 0.1) is 13.1 Å². The van der Waals surface area contributed by atoms with E-state index in [9.17, 15) is 9.59 Å². The predicted molar refractivity (Wildman–Crippen MR) is 62.0 cm³/mol. The minimum Gasteiger partial charge on any atom is -0.480 e. The lowest BCUT2D eigenvalue weighted by atomic mass is 10.2. The summed E-state index contributed by atoms with van der Waals surface area (Å²) in [5.41, 5.74) is 0.705. The topological polar surface area (TPSA) is 77.8 Å². The summed E-state index contributed by atoms with van der Waals surface area (Å²) in [5.74, 6) is -2.14. The van der Waals surface area contributed by atoms with Crippen LogP contribution in [0.25, 0.3) is 0 Å². The number of carboxylic acids is 2. The monoisotopic (exact) mass is 257 g/mol. The van der Waals surface area contributed by atoms with Crippen LogP contribution in [0.4, 0.5) is 0 Å². The van der Waals surface area contributed by atoms with Crippen molar-refractivity contribution in [3.05, 3.63) is 34.9 Å². The number of hydrogen-bond donors (Lipinski definition) is 2. The van der Waals surface area contributed by atoms with Crippen molar-refractivity contribution >= 4 is 23.5 Å². The van der Waals surface area contributed by atoms with Crippen molar-refractivity contribution in [2.24, 2.45) is 0 Å². The lowest BCUT2D eigenvalue weighted by Crippen LogP contribution is -2.34. The van der Waals surface area contributed by atoms with Crippen LogP contribution in [0.2, 0.25) is 5.02 Å². The molecule has 0 aliphatic heterocycles. The fourth-order valence-electron chi connectivity index (χ4n) is 1.42. The van der Waals surface area contributed by atoms with Gasteiger partial charge in [-0.05, 0) is 11.6 Å². The molecule has 0 radical (unpaired) electrons. The first-order chi connectivity index (χ1) is 7.99. The lowest BCUT2D eigenvalue weighted by Gasteiger charge is -2.18. The first-order valence-corrected chi connectivity index (χ1v) is 5.26. The number of benzene rings is 1. The highest BCUT2D eigenvalue weighted by Gasteiger charge is 2.14. The SMILES string of the molecule is O=C(O)CN(CC(=O)O)Cc1ccccc1Cl. The van der Waals surface area contributed by atoms with Gasteiger partial charge in [-0.1, -0.05) is 29.8 Å². The zero-order chi connectivity index (χ0) is 12.8. The van der Waals surface area contributed by atoms with Gasteiger partial charge in [0.15, 0.2) is 0 Å². The number of carbonyl (C=O) groups is 2. The summed E-state index contributed by atoms with van der Waals surface area (Å²) in [4.78, 5) is 22.5. The van der Waals surface area contributed by atoms with Crippen LogP contribution in [0, 0.1) is 0 Å². The third kappa shape index (κ3) is 4.84. The summed E-state index contributed by atoms with van der Waals surface area (Å²) in [6, 6.07) is 6.93. The Balaban J connectivity index is 2.75. The van der Waals surface area contributed by atoms with Crippen molar-refractivity contribution in [1.82, 2.24) is 4.90 Å². The average molecular weight is 258 g/mol. The summed E-state index contributed by atoms with van der Waals surface area (Å²) >= 11 is 5.92. The van der Waals surface area contributed by atoms with Gasteiger partial charge < -0.3 is 10.2 Å². The van der Waals surface area contributed by atoms with Crippen molar-refractivity contribution in [3.8, 4) is 0 Å². The molecule has 0 saturated carbocycles. The van der Waals surface area contributed by atoms with Crippen molar-refractivity contribution in [3.63, 3.8) is 0 Å². The largest absolute Gasteiger partial charge is 0.480 e. The lowest BCUT2D eigenvalue weighted by molar-refractivity contribution is -0.142. The van der Waals surface area contributed by atoms with Gasteiger partial charge in [-0.3, -0.25) is 14.5 Å². The van der Waals surface area contributed by atoms with E-state index < -0.39 is 11.9 Å². The van der Waals surface area contributed by atoms with E-state index >= 15 is 0 Å². The highest BCUT2D eigenvalue weighted by atomic mass is 35.5. The summed E-state index contributed by atoms with van der Waals surface area (Å²) in [7, 11) is 0. The molecule has 0 aliphatic carbocycles. The Hall–Kier alpha value is -1.59. The fraction of sp³-hybridized carbons (Fsp3) is 0.273. The zero-order valence-electron chi connectivity index (χ0n) is 8.97. The van der Waals surface area contributed by atoms with Crippen LogP contribution in [0.5, 0.6) is 0 Å². The van der Waals surface area contributed by atoms with Crippen molar-refractivity contribution in [2.75, 3.05) is 13.1 Å². The Bertz CT molecular complexity index is 406. The molecule has 2 N–H and O–H groups in total. The molecule has 0 fully saturated rings. The summed E-state index contributed by atoms with van der Waals surface area (Å²) in [6.07, 6.45) is 0. The highest BCUT2D eigenvalue weighted by Crippen LogP contribution is 2.16. The molecule has 0 bridgehead atoms. The minimum absolute atomic E-state index is 0.193. The Morgan fingerprint density at radius 1 is 1.12 bits per heavy atom. The van der Waals surface area contributed by atoms with Gasteiger partial charge in [0, 0.05) is 11.6 Å². The fourth-order valence-corrected chi connectivity index (χ4v) is 1.61. The first kappa shape index (κ1) is 13.5. The third-order valence-electron chi connectivity index (χ3n) is 2.07.